The molecule has 2 aromatic heterocycles. The zero-order valence-corrected chi connectivity index (χ0v) is 22.2. The van der Waals surface area contributed by atoms with Crippen LogP contribution in [0.5, 0.6) is 0 Å². The molecule has 0 radical (unpaired) electrons. The van der Waals surface area contributed by atoms with Crippen LogP contribution in [0.15, 0.2) is 103 Å². The summed E-state index contributed by atoms with van der Waals surface area (Å²) in [7, 11) is 1.61. The average molecular weight is 521 g/mol. The number of hydrogen-bond donors (Lipinski definition) is 1. The normalized spacial score (nSPS) is 21.1. The van der Waals surface area contributed by atoms with Crippen LogP contribution in [0, 0.1) is 6.92 Å². The van der Waals surface area contributed by atoms with E-state index in [9.17, 15) is 5.11 Å². The molecule has 3 heterocycles. The number of ether oxygens (including phenoxy) is 1. The van der Waals surface area contributed by atoms with Crippen LogP contribution in [-0.4, -0.2) is 27.6 Å². The Morgan fingerprint density at radius 1 is 0.825 bits per heavy atom. The van der Waals surface area contributed by atoms with E-state index >= 15 is 0 Å². The number of nitrogens with zero attached hydrogens (tertiary/aromatic N) is 3. The Kier molecular flexibility index (Phi) is 4.19. The van der Waals surface area contributed by atoms with Crippen LogP contribution in [0.2, 0.25) is 0 Å². The van der Waals surface area contributed by atoms with Crippen molar-refractivity contribution < 1.29 is 14.4 Å². The quantitative estimate of drug-likeness (QED) is 0.203. The van der Waals surface area contributed by atoms with Crippen LogP contribution >= 0.6 is 0 Å². The van der Waals surface area contributed by atoms with Gasteiger partial charge >= 0.3 is 0 Å². The fourth-order valence-corrected chi connectivity index (χ4v) is 7.26. The number of aryl methyl sites for hydroxylation is 1. The monoisotopic (exact) mass is 520 g/mol. The first-order chi connectivity index (χ1) is 19.6. The summed E-state index contributed by atoms with van der Waals surface area (Å²) >= 11 is 0. The van der Waals surface area contributed by atoms with Crippen molar-refractivity contribution in [3.05, 3.63) is 115 Å². The lowest BCUT2D eigenvalue weighted by atomic mass is 9.91. The molecular weight excluding hydrogens is 494 g/mol. The van der Waals surface area contributed by atoms with Gasteiger partial charge in [0.15, 0.2) is 6.04 Å². The van der Waals surface area contributed by atoms with Gasteiger partial charge in [-0.15, -0.1) is 0 Å². The maximum absolute atomic E-state index is 11.7. The van der Waals surface area contributed by atoms with Crippen molar-refractivity contribution in [3.8, 4) is 16.9 Å². The molecule has 0 saturated heterocycles. The molecule has 1 N–H and O–H groups in total. The minimum absolute atomic E-state index is 0.157. The second-order valence-electron chi connectivity index (χ2n) is 11.1. The highest BCUT2D eigenvalue weighted by Crippen LogP contribution is 2.64. The highest BCUT2D eigenvalue weighted by atomic mass is 16.6. The molecule has 7 aromatic rings. The molecule has 9 rings (SSSR count). The fourth-order valence-electron chi connectivity index (χ4n) is 7.26. The maximum atomic E-state index is 11.7. The third-order valence-corrected chi connectivity index (χ3v) is 9.11. The Morgan fingerprint density at radius 3 is 2.15 bits per heavy atom. The minimum Gasteiger partial charge on any atom is -0.362 e. The fraction of sp³-hybridized carbons (Fsp3) is 0.143. The van der Waals surface area contributed by atoms with E-state index < -0.39 is 5.79 Å². The van der Waals surface area contributed by atoms with E-state index in [0.717, 1.165) is 50.3 Å². The van der Waals surface area contributed by atoms with Crippen LogP contribution in [-0.2, 0) is 4.74 Å². The summed E-state index contributed by atoms with van der Waals surface area (Å²) in [5.41, 5.74) is 6.45. The summed E-state index contributed by atoms with van der Waals surface area (Å²) in [4.78, 5) is 5.26. The second-order valence-corrected chi connectivity index (χ2v) is 11.1. The second kappa shape index (κ2) is 7.54. The lowest BCUT2D eigenvalue weighted by Gasteiger charge is -2.18. The van der Waals surface area contributed by atoms with E-state index in [-0.39, 0.29) is 12.0 Å². The first kappa shape index (κ1) is 22.3. The molecule has 40 heavy (non-hydrogen) atoms. The van der Waals surface area contributed by atoms with Gasteiger partial charge in [-0.2, -0.15) is 0 Å². The zero-order chi connectivity index (χ0) is 26.7. The van der Waals surface area contributed by atoms with Gasteiger partial charge in [0.25, 0.3) is 11.5 Å². The van der Waals surface area contributed by atoms with Crippen LogP contribution < -0.4 is 4.57 Å². The molecule has 2 aliphatic rings. The molecule has 0 spiro atoms. The number of methoxy groups -OCH3 is 1. The van der Waals surface area contributed by atoms with E-state index in [1.165, 1.54) is 21.5 Å². The standard InChI is InChI=1S/C35H26N3O2/c1-20-36-34-30(28-18-23-12-8-9-13-24(23)19-29(28)38(34)25-14-4-3-5-15-25)32-27-17-22-11-7-6-10-21(22)16-26(27)31-33(37(20)32)35(31,39)40-2/h3-19,31,33,39H,1-2H3/q+1. The summed E-state index contributed by atoms with van der Waals surface area (Å²) in [6, 6.07) is 36.3. The molecule has 5 nitrogen and oxygen atoms in total. The van der Waals surface area contributed by atoms with Crippen LogP contribution in [0.25, 0.3) is 60.4 Å². The number of rotatable bonds is 2. The van der Waals surface area contributed by atoms with Crippen molar-refractivity contribution >= 4 is 43.5 Å². The van der Waals surface area contributed by atoms with Crippen LogP contribution in [0.3, 0.4) is 0 Å². The summed E-state index contributed by atoms with van der Waals surface area (Å²) in [6.45, 7) is 2.05. The van der Waals surface area contributed by atoms with Crippen LogP contribution in [0.4, 0.5) is 0 Å². The van der Waals surface area contributed by atoms with Gasteiger partial charge in [0.2, 0.25) is 5.79 Å². The van der Waals surface area contributed by atoms with E-state index in [0.29, 0.717) is 0 Å². The van der Waals surface area contributed by atoms with Gasteiger partial charge in [0.05, 0.1) is 11.4 Å². The van der Waals surface area contributed by atoms with Gasteiger partial charge in [-0.1, -0.05) is 66.7 Å². The number of hydrogen-bond acceptors (Lipinski definition) is 3. The molecule has 1 aliphatic heterocycles. The molecule has 1 saturated carbocycles. The van der Waals surface area contributed by atoms with E-state index in [4.69, 9.17) is 9.72 Å². The highest BCUT2D eigenvalue weighted by Gasteiger charge is 2.74. The number of aromatic nitrogens is 3. The van der Waals surface area contributed by atoms with Crippen LogP contribution in [0.1, 0.15) is 23.3 Å². The Bertz CT molecular complexity index is 2200. The Hall–Kier alpha value is -4.58. The van der Waals surface area contributed by atoms with Gasteiger partial charge < -0.3 is 9.84 Å². The smallest absolute Gasteiger partial charge is 0.298 e. The Morgan fingerprint density at radius 2 is 1.45 bits per heavy atom. The first-order valence-electron chi connectivity index (χ1n) is 13.7. The molecular formula is C35H26N3O2+. The number of para-hydroxylation sites is 1. The van der Waals surface area contributed by atoms with Crippen molar-refractivity contribution in [2.45, 2.75) is 24.7 Å². The predicted molar refractivity (Wildman–Crippen MR) is 158 cm³/mol. The van der Waals surface area contributed by atoms with Crippen molar-refractivity contribution in [2.24, 2.45) is 0 Å². The lowest BCUT2D eigenvalue weighted by molar-refractivity contribution is -0.709. The zero-order valence-electron chi connectivity index (χ0n) is 22.2. The summed E-state index contributed by atoms with van der Waals surface area (Å²) in [5.74, 6) is -0.581. The minimum atomic E-state index is -1.28. The van der Waals surface area contributed by atoms with Gasteiger partial charge in [0.1, 0.15) is 11.1 Å². The van der Waals surface area contributed by atoms with Crippen molar-refractivity contribution in [1.29, 1.82) is 0 Å². The average Bonchev–Trinajstić information content (AvgIpc) is 3.50. The number of benzene rings is 5. The maximum Gasteiger partial charge on any atom is 0.298 e. The van der Waals surface area contributed by atoms with Gasteiger partial charge in [-0.05, 0) is 68.5 Å². The van der Waals surface area contributed by atoms with Crippen molar-refractivity contribution in [1.82, 2.24) is 9.55 Å². The largest absolute Gasteiger partial charge is 0.362 e. The topological polar surface area (TPSA) is 51.2 Å². The van der Waals surface area contributed by atoms with E-state index in [2.05, 4.69) is 106 Å². The number of fused-ring (bicyclic) bond motifs is 12. The summed E-state index contributed by atoms with van der Waals surface area (Å²) in [6.07, 6.45) is 0. The third kappa shape index (κ3) is 2.68. The molecule has 192 valence electrons. The molecule has 5 aromatic carbocycles. The highest BCUT2D eigenvalue weighted by molar-refractivity contribution is 6.17. The molecule has 1 aliphatic carbocycles. The SMILES string of the molecule is COC1(O)C2c3cc4ccccc4cc3-c3c4c5cc6ccccc6cc5n(-c5ccccc5)c4nc(C)[n+]3C21. The Balaban J connectivity index is 1.52. The van der Waals surface area contributed by atoms with Gasteiger partial charge in [-0.25, -0.2) is 4.57 Å². The molecule has 3 unspecified atom stereocenters. The molecule has 0 amide bonds. The predicted octanol–water partition coefficient (Wildman–Crippen LogP) is 6.73. The van der Waals surface area contributed by atoms with Gasteiger partial charge in [0, 0.05) is 30.7 Å². The molecule has 5 heteroatoms. The van der Waals surface area contributed by atoms with E-state index in [1.54, 1.807) is 7.11 Å². The third-order valence-electron chi connectivity index (χ3n) is 9.11. The number of aliphatic hydroxyl groups is 1. The molecule has 1 fully saturated rings. The van der Waals surface area contributed by atoms with Gasteiger partial charge in [-0.3, -0.25) is 4.57 Å². The Labute approximate surface area is 230 Å². The summed E-state index contributed by atoms with van der Waals surface area (Å²) in [5, 5.41) is 18.7. The first-order valence-corrected chi connectivity index (χ1v) is 13.7. The molecule has 0 bridgehead atoms. The van der Waals surface area contributed by atoms with E-state index in [1.807, 2.05) is 13.0 Å². The summed E-state index contributed by atoms with van der Waals surface area (Å²) < 4.78 is 10.3. The van der Waals surface area contributed by atoms with Crippen molar-refractivity contribution in [2.75, 3.05) is 7.11 Å². The molecule has 3 atom stereocenters. The van der Waals surface area contributed by atoms with Crippen molar-refractivity contribution in [3.63, 3.8) is 0 Å². The lowest BCUT2D eigenvalue weighted by Crippen LogP contribution is -2.44.